The zero-order valence-electron chi connectivity index (χ0n) is 11.9. The molecule has 0 spiro atoms. The molecule has 0 atom stereocenters. The van der Waals surface area contributed by atoms with Crippen molar-refractivity contribution < 1.29 is 0 Å². The summed E-state index contributed by atoms with van der Waals surface area (Å²) in [6.45, 7) is 1.04. The molecule has 1 saturated carbocycles. The fourth-order valence-electron chi connectivity index (χ4n) is 3.28. The highest BCUT2D eigenvalue weighted by Gasteiger charge is 2.14. The van der Waals surface area contributed by atoms with Crippen molar-refractivity contribution in [3.63, 3.8) is 0 Å². The summed E-state index contributed by atoms with van der Waals surface area (Å²) in [6.07, 6.45) is 12.0. The lowest BCUT2D eigenvalue weighted by atomic mass is 10.0. The first-order chi connectivity index (χ1) is 9.84. The lowest BCUT2D eigenvalue weighted by Crippen LogP contribution is -2.05. The van der Waals surface area contributed by atoms with Gasteiger partial charge in [-0.2, -0.15) is 0 Å². The van der Waals surface area contributed by atoms with E-state index in [2.05, 4.69) is 16.4 Å². The Hall–Kier alpha value is -1.77. The van der Waals surface area contributed by atoms with Crippen molar-refractivity contribution in [1.29, 1.82) is 0 Å². The van der Waals surface area contributed by atoms with Gasteiger partial charge in [-0.3, -0.25) is 4.98 Å². The molecule has 1 aromatic carbocycles. The maximum Gasteiger partial charge on any atom is 0.0422 e. The van der Waals surface area contributed by atoms with E-state index in [0.29, 0.717) is 0 Å². The first-order valence-corrected chi connectivity index (χ1v) is 7.70. The molecule has 3 nitrogen and oxygen atoms in total. The minimum atomic E-state index is 0.796. The zero-order valence-corrected chi connectivity index (χ0v) is 11.9. The van der Waals surface area contributed by atoms with Gasteiger partial charge in [0.2, 0.25) is 0 Å². The monoisotopic (exact) mass is 269 g/mol. The largest absolute Gasteiger partial charge is 0.398 e. The number of rotatable bonds is 5. The Morgan fingerprint density at radius 3 is 2.85 bits per heavy atom. The number of nitrogens with two attached hydrogens (primary N) is 1. The van der Waals surface area contributed by atoms with Crippen LogP contribution >= 0.6 is 0 Å². The lowest BCUT2D eigenvalue weighted by Gasteiger charge is -2.12. The smallest absolute Gasteiger partial charge is 0.0422 e. The first kappa shape index (κ1) is 13.2. The molecular formula is C17H23N3. The molecule has 1 fully saturated rings. The average molecular weight is 269 g/mol. The minimum absolute atomic E-state index is 0.796. The maximum atomic E-state index is 5.99. The van der Waals surface area contributed by atoms with Crippen LogP contribution in [0.25, 0.3) is 10.8 Å². The summed E-state index contributed by atoms with van der Waals surface area (Å²) < 4.78 is 0. The highest BCUT2D eigenvalue weighted by molar-refractivity contribution is 6.00. The molecule has 0 bridgehead atoms. The predicted octanol–water partition coefficient (Wildman–Crippen LogP) is 4.20. The Morgan fingerprint density at radius 1 is 1.15 bits per heavy atom. The van der Waals surface area contributed by atoms with Crippen molar-refractivity contribution in [2.45, 2.75) is 38.5 Å². The Kier molecular flexibility index (Phi) is 4.05. The molecule has 1 aliphatic carbocycles. The van der Waals surface area contributed by atoms with Crippen molar-refractivity contribution in [1.82, 2.24) is 4.98 Å². The van der Waals surface area contributed by atoms with Gasteiger partial charge in [0.1, 0.15) is 0 Å². The number of hydrogen-bond acceptors (Lipinski definition) is 3. The molecule has 0 amide bonds. The molecule has 20 heavy (non-hydrogen) atoms. The van der Waals surface area contributed by atoms with Gasteiger partial charge in [0.25, 0.3) is 0 Å². The van der Waals surface area contributed by atoms with Gasteiger partial charge in [-0.25, -0.2) is 0 Å². The lowest BCUT2D eigenvalue weighted by molar-refractivity contribution is 0.491. The van der Waals surface area contributed by atoms with Gasteiger partial charge in [0, 0.05) is 41.1 Å². The molecule has 3 rings (SSSR count). The maximum absolute atomic E-state index is 5.99. The van der Waals surface area contributed by atoms with Crippen LogP contribution in [0.5, 0.6) is 0 Å². The van der Waals surface area contributed by atoms with Gasteiger partial charge in [0.05, 0.1) is 0 Å². The summed E-state index contributed by atoms with van der Waals surface area (Å²) in [6, 6.07) is 6.07. The number of hydrogen-bond donors (Lipinski definition) is 2. The molecule has 1 aromatic heterocycles. The second-order valence-corrected chi connectivity index (χ2v) is 5.84. The minimum Gasteiger partial charge on any atom is -0.398 e. The van der Waals surface area contributed by atoms with Crippen LogP contribution in [0.4, 0.5) is 11.4 Å². The molecule has 1 heterocycles. The number of nitrogens with one attached hydrogen (secondary N) is 1. The fraction of sp³-hybridized carbons (Fsp3) is 0.471. The van der Waals surface area contributed by atoms with E-state index < -0.39 is 0 Å². The Bertz CT molecular complexity index is 573. The standard InChI is InChI=1S/C17H23N3/c18-16-7-8-17(14-9-11-19-12-15(14)16)20-10-3-6-13-4-1-2-5-13/h7-9,11-13,20H,1-6,10,18H2. The van der Waals surface area contributed by atoms with E-state index in [4.69, 9.17) is 5.73 Å². The second-order valence-electron chi connectivity index (χ2n) is 5.84. The molecule has 2 aromatic rings. The van der Waals surface area contributed by atoms with Crippen LogP contribution in [0.1, 0.15) is 38.5 Å². The van der Waals surface area contributed by atoms with Crippen LogP contribution in [0.3, 0.4) is 0 Å². The number of nitrogen functional groups attached to an aromatic ring is 1. The van der Waals surface area contributed by atoms with E-state index >= 15 is 0 Å². The molecular weight excluding hydrogens is 246 g/mol. The molecule has 106 valence electrons. The Balaban J connectivity index is 1.61. The summed E-state index contributed by atoms with van der Waals surface area (Å²) in [5.74, 6) is 0.976. The first-order valence-electron chi connectivity index (χ1n) is 7.70. The highest BCUT2D eigenvalue weighted by Crippen LogP contribution is 2.29. The Labute approximate surface area is 120 Å². The number of fused-ring (bicyclic) bond motifs is 1. The van der Waals surface area contributed by atoms with Crippen molar-refractivity contribution in [3.8, 4) is 0 Å². The van der Waals surface area contributed by atoms with Crippen LogP contribution in [-0.4, -0.2) is 11.5 Å². The molecule has 0 aliphatic heterocycles. The predicted molar refractivity (Wildman–Crippen MR) is 85.8 cm³/mol. The summed E-state index contributed by atoms with van der Waals surface area (Å²) in [5, 5.41) is 5.76. The summed E-state index contributed by atoms with van der Waals surface area (Å²) in [7, 11) is 0. The molecule has 0 unspecified atom stereocenters. The van der Waals surface area contributed by atoms with Gasteiger partial charge in [-0.1, -0.05) is 25.7 Å². The third-order valence-corrected chi connectivity index (χ3v) is 4.43. The van der Waals surface area contributed by atoms with E-state index in [-0.39, 0.29) is 0 Å². The Morgan fingerprint density at radius 2 is 2.00 bits per heavy atom. The van der Waals surface area contributed by atoms with Crippen LogP contribution in [0.2, 0.25) is 0 Å². The van der Waals surface area contributed by atoms with Crippen molar-refractivity contribution in [2.24, 2.45) is 5.92 Å². The van der Waals surface area contributed by atoms with Gasteiger partial charge in [0.15, 0.2) is 0 Å². The van der Waals surface area contributed by atoms with Crippen molar-refractivity contribution in [2.75, 3.05) is 17.6 Å². The van der Waals surface area contributed by atoms with Gasteiger partial charge >= 0.3 is 0 Å². The number of pyridine rings is 1. The molecule has 0 radical (unpaired) electrons. The van der Waals surface area contributed by atoms with E-state index in [9.17, 15) is 0 Å². The summed E-state index contributed by atoms with van der Waals surface area (Å²) in [4.78, 5) is 4.16. The van der Waals surface area contributed by atoms with E-state index in [1.165, 1.54) is 49.6 Å². The van der Waals surface area contributed by atoms with Crippen molar-refractivity contribution >= 4 is 22.1 Å². The fourth-order valence-corrected chi connectivity index (χ4v) is 3.28. The summed E-state index contributed by atoms with van der Waals surface area (Å²) >= 11 is 0. The second kappa shape index (κ2) is 6.12. The van der Waals surface area contributed by atoms with E-state index in [0.717, 1.165) is 23.5 Å². The number of nitrogens with zero attached hydrogens (tertiary/aromatic N) is 1. The number of benzene rings is 1. The van der Waals surface area contributed by atoms with Gasteiger partial charge < -0.3 is 11.1 Å². The van der Waals surface area contributed by atoms with Crippen LogP contribution in [0.15, 0.2) is 30.6 Å². The zero-order chi connectivity index (χ0) is 13.8. The van der Waals surface area contributed by atoms with Crippen molar-refractivity contribution in [3.05, 3.63) is 30.6 Å². The molecule has 0 saturated heterocycles. The SMILES string of the molecule is Nc1ccc(NCCCC2CCCC2)c2ccncc12. The molecule has 3 N–H and O–H groups in total. The van der Waals surface area contributed by atoms with E-state index in [1.54, 1.807) is 0 Å². The molecule has 3 heteroatoms. The topological polar surface area (TPSA) is 50.9 Å². The van der Waals surface area contributed by atoms with Crippen LogP contribution in [0, 0.1) is 5.92 Å². The van der Waals surface area contributed by atoms with Gasteiger partial charge in [-0.05, 0) is 37.0 Å². The average Bonchev–Trinajstić information content (AvgIpc) is 2.99. The quantitative estimate of drug-likeness (QED) is 0.632. The normalized spacial score (nSPS) is 15.8. The number of anilines is 2. The number of aromatic nitrogens is 1. The molecule has 1 aliphatic rings. The van der Waals surface area contributed by atoms with E-state index in [1.807, 2.05) is 24.5 Å². The van der Waals surface area contributed by atoms with Crippen LogP contribution in [-0.2, 0) is 0 Å². The van der Waals surface area contributed by atoms with Crippen LogP contribution < -0.4 is 11.1 Å². The van der Waals surface area contributed by atoms with Gasteiger partial charge in [-0.15, -0.1) is 0 Å². The highest BCUT2D eigenvalue weighted by atomic mass is 14.9. The summed E-state index contributed by atoms with van der Waals surface area (Å²) in [5.41, 5.74) is 7.96. The third-order valence-electron chi connectivity index (χ3n) is 4.43. The third kappa shape index (κ3) is 2.87.